The van der Waals surface area contributed by atoms with Crippen LogP contribution in [-0.2, 0) is 0 Å². The summed E-state index contributed by atoms with van der Waals surface area (Å²) in [5, 5.41) is 0. The maximum Gasteiger partial charge on any atom is 0.256 e. The third-order valence-electron chi connectivity index (χ3n) is 4.15. The SMILES string of the molecule is O=C(c1cccnc1)N1CCC[C@@H]1c1nc2ccccc2[nH]1. The van der Waals surface area contributed by atoms with Crippen LogP contribution in [0.5, 0.6) is 0 Å². The molecule has 3 aromatic rings. The van der Waals surface area contributed by atoms with E-state index in [2.05, 4.69) is 15.0 Å². The molecule has 1 aromatic carbocycles. The van der Waals surface area contributed by atoms with E-state index in [-0.39, 0.29) is 11.9 Å². The highest BCUT2D eigenvalue weighted by atomic mass is 16.2. The quantitative estimate of drug-likeness (QED) is 0.790. The number of hydrogen-bond donors (Lipinski definition) is 1. The first-order valence-corrected chi connectivity index (χ1v) is 7.48. The lowest BCUT2D eigenvalue weighted by molar-refractivity contribution is 0.0730. The van der Waals surface area contributed by atoms with Crippen molar-refractivity contribution in [3.05, 3.63) is 60.2 Å². The number of rotatable bonds is 2. The van der Waals surface area contributed by atoms with Gasteiger partial charge in [-0.2, -0.15) is 0 Å². The molecule has 1 fully saturated rings. The summed E-state index contributed by atoms with van der Waals surface area (Å²) in [5.41, 5.74) is 2.59. The van der Waals surface area contributed by atoms with Gasteiger partial charge in [0.05, 0.1) is 22.6 Å². The maximum atomic E-state index is 12.7. The number of imidazole rings is 1. The standard InChI is InChI=1S/C17H16N4O/c22-17(12-5-3-9-18-11-12)21-10-4-8-15(21)16-19-13-6-1-2-7-14(13)20-16/h1-3,5-7,9,11,15H,4,8,10H2,(H,19,20)/t15-/m1/s1. The molecule has 0 spiro atoms. The van der Waals surface area contributed by atoms with Gasteiger partial charge in [-0.15, -0.1) is 0 Å². The number of aromatic amines is 1. The summed E-state index contributed by atoms with van der Waals surface area (Å²) in [6.45, 7) is 0.759. The van der Waals surface area contributed by atoms with Crippen LogP contribution in [0.15, 0.2) is 48.8 Å². The van der Waals surface area contributed by atoms with E-state index in [1.165, 1.54) is 0 Å². The molecule has 4 rings (SSSR count). The summed E-state index contributed by atoms with van der Waals surface area (Å²) < 4.78 is 0. The number of carbonyl (C=O) groups excluding carboxylic acids is 1. The van der Waals surface area contributed by atoms with E-state index in [4.69, 9.17) is 0 Å². The predicted molar refractivity (Wildman–Crippen MR) is 83.3 cm³/mol. The number of carbonyl (C=O) groups is 1. The Balaban J connectivity index is 1.67. The molecular weight excluding hydrogens is 276 g/mol. The van der Waals surface area contributed by atoms with E-state index in [0.29, 0.717) is 5.56 Å². The van der Waals surface area contributed by atoms with E-state index < -0.39 is 0 Å². The molecule has 2 aromatic heterocycles. The van der Waals surface area contributed by atoms with E-state index in [1.54, 1.807) is 18.5 Å². The van der Waals surface area contributed by atoms with Crippen LogP contribution >= 0.6 is 0 Å². The second-order valence-corrected chi connectivity index (χ2v) is 5.54. The summed E-state index contributed by atoms with van der Waals surface area (Å²) in [7, 11) is 0. The van der Waals surface area contributed by atoms with Crippen molar-refractivity contribution >= 4 is 16.9 Å². The van der Waals surface area contributed by atoms with E-state index >= 15 is 0 Å². The maximum absolute atomic E-state index is 12.7. The highest BCUT2D eigenvalue weighted by Crippen LogP contribution is 2.32. The van der Waals surface area contributed by atoms with Gasteiger partial charge in [-0.25, -0.2) is 4.98 Å². The molecule has 1 aliphatic heterocycles. The van der Waals surface area contributed by atoms with Crippen molar-refractivity contribution in [2.24, 2.45) is 0 Å². The third-order valence-corrected chi connectivity index (χ3v) is 4.15. The molecule has 0 bridgehead atoms. The number of pyridine rings is 1. The molecule has 0 saturated carbocycles. The molecule has 110 valence electrons. The van der Waals surface area contributed by atoms with Crippen LogP contribution in [0.3, 0.4) is 0 Å². The summed E-state index contributed by atoms with van der Waals surface area (Å²) in [4.78, 5) is 26.6. The van der Waals surface area contributed by atoms with Crippen LogP contribution in [0, 0.1) is 0 Å². The Morgan fingerprint density at radius 3 is 2.95 bits per heavy atom. The molecule has 5 heteroatoms. The van der Waals surface area contributed by atoms with Crippen LogP contribution < -0.4 is 0 Å². The molecule has 1 aliphatic rings. The van der Waals surface area contributed by atoms with Crippen molar-refractivity contribution in [3.63, 3.8) is 0 Å². The number of hydrogen-bond acceptors (Lipinski definition) is 3. The summed E-state index contributed by atoms with van der Waals surface area (Å²) in [6.07, 6.45) is 5.23. The smallest absolute Gasteiger partial charge is 0.256 e. The minimum absolute atomic E-state index is 0.0140. The first-order chi connectivity index (χ1) is 10.8. The average Bonchev–Trinajstić information content (AvgIpc) is 3.21. The molecule has 1 atom stereocenters. The second-order valence-electron chi connectivity index (χ2n) is 5.54. The Bertz CT molecular complexity index is 779. The molecule has 1 amide bonds. The largest absolute Gasteiger partial charge is 0.340 e. The van der Waals surface area contributed by atoms with Gasteiger partial charge in [-0.05, 0) is 37.1 Å². The topological polar surface area (TPSA) is 61.9 Å². The normalized spacial score (nSPS) is 18.0. The van der Waals surface area contributed by atoms with Crippen LogP contribution in [0.25, 0.3) is 11.0 Å². The number of likely N-dealkylation sites (tertiary alicyclic amines) is 1. The number of aromatic nitrogens is 3. The van der Waals surface area contributed by atoms with Gasteiger partial charge in [0.25, 0.3) is 5.91 Å². The summed E-state index contributed by atoms with van der Waals surface area (Å²) in [5.74, 6) is 0.895. The van der Waals surface area contributed by atoms with E-state index in [9.17, 15) is 4.79 Å². The molecule has 0 aliphatic carbocycles. The number of para-hydroxylation sites is 2. The molecule has 1 N–H and O–H groups in total. The monoisotopic (exact) mass is 292 g/mol. The van der Waals surface area contributed by atoms with Gasteiger partial charge in [0.1, 0.15) is 5.82 Å². The molecule has 0 unspecified atom stereocenters. The van der Waals surface area contributed by atoms with Gasteiger partial charge in [0, 0.05) is 18.9 Å². The number of fused-ring (bicyclic) bond motifs is 1. The number of nitrogens with zero attached hydrogens (tertiary/aromatic N) is 3. The Hall–Kier alpha value is -2.69. The number of benzene rings is 1. The molecular formula is C17H16N4O. The fourth-order valence-corrected chi connectivity index (χ4v) is 3.08. The van der Waals surface area contributed by atoms with Crippen LogP contribution in [0.4, 0.5) is 0 Å². The lowest BCUT2D eigenvalue weighted by Gasteiger charge is -2.23. The highest BCUT2D eigenvalue weighted by Gasteiger charge is 2.32. The highest BCUT2D eigenvalue weighted by molar-refractivity contribution is 5.94. The van der Waals surface area contributed by atoms with Crippen molar-refractivity contribution in [1.29, 1.82) is 0 Å². The first kappa shape index (κ1) is 13.0. The Morgan fingerprint density at radius 1 is 1.23 bits per heavy atom. The molecule has 22 heavy (non-hydrogen) atoms. The summed E-state index contributed by atoms with van der Waals surface area (Å²) >= 11 is 0. The zero-order valence-electron chi connectivity index (χ0n) is 12.1. The fraction of sp³-hybridized carbons (Fsp3) is 0.235. The number of amides is 1. The van der Waals surface area contributed by atoms with E-state index in [1.807, 2.05) is 35.2 Å². The zero-order chi connectivity index (χ0) is 14.9. The van der Waals surface area contributed by atoms with Crippen molar-refractivity contribution < 1.29 is 4.79 Å². The van der Waals surface area contributed by atoms with Crippen molar-refractivity contribution in [1.82, 2.24) is 19.9 Å². The van der Waals surface area contributed by atoms with Gasteiger partial charge in [-0.3, -0.25) is 9.78 Å². The van der Waals surface area contributed by atoms with Gasteiger partial charge < -0.3 is 9.88 Å². The van der Waals surface area contributed by atoms with E-state index in [0.717, 1.165) is 36.2 Å². The zero-order valence-corrected chi connectivity index (χ0v) is 12.1. The average molecular weight is 292 g/mol. The van der Waals surface area contributed by atoms with Crippen LogP contribution in [0.2, 0.25) is 0 Å². The van der Waals surface area contributed by atoms with Crippen LogP contribution in [0.1, 0.15) is 35.1 Å². The second kappa shape index (κ2) is 5.26. The number of nitrogens with one attached hydrogen (secondary N) is 1. The lowest BCUT2D eigenvalue weighted by Crippen LogP contribution is -2.31. The Kier molecular flexibility index (Phi) is 3.11. The molecule has 1 saturated heterocycles. The predicted octanol–water partition coefficient (Wildman–Crippen LogP) is 2.94. The molecule has 3 heterocycles. The van der Waals surface area contributed by atoms with Gasteiger partial charge in [0.2, 0.25) is 0 Å². The van der Waals surface area contributed by atoms with Gasteiger partial charge >= 0.3 is 0 Å². The Labute approximate surface area is 128 Å². The van der Waals surface area contributed by atoms with Gasteiger partial charge in [0.15, 0.2) is 0 Å². The fourth-order valence-electron chi connectivity index (χ4n) is 3.08. The Morgan fingerprint density at radius 2 is 2.14 bits per heavy atom. The molecule has 0 radical (unpaired) electrons. The summed E-state index contributed by atoms with van der Waals surface area (Å²) in [6, 6.07) is 11.6. The van der Waals surface area contributed by atoms with Gasteiger partial charge in [-0.1, -0.05) is 12.1 Å². The lowest BCUT2D eigenvalue weighted by atomic mass is 10.2. The van der Waals surface area contributed by atoms with Crippen LogP contribution in [-0.4, -0.2) is 32.3 Å². The first-order valence-electron chi connectivity index (χ1n) is 7.48. The van der Waals surface area contributed by atoms with Crippen molar-refractivity contribution in [2.45, 2.75) is 18.9 Å². The minimum atomic E-state index is 0.0140. The molecule has 5 nitrogen and oxygen atoms in total. The van der Waals surface area contributed by atoms with Crippen molar-refractivity contribution in [3.8, 4) is 0 Å². The minimum Gasteiger partial charge on any atom is -0.340 e. The number of H-pyrrole nitrogens is 1. The third kappa shape index (κ3) is 2.15. The van der Waals surface area contributed by atoms with Crippen molar-refractivity contribution in [2.75, 3.05) is 6.54 Å².